The molecule has 4 atom stereocenters. The molecule has 0 aromatic heterocycles. The number of allylic oxidation sites excluding steroid dienone is 3. The molecule has 0 radical (unpaired) electrons. The first kappa shape index (κ1) is 9.29. The van der Waals surface area contributed by atoms with Crippen LogP contribution in [0.4, 0.5) is 0 Å². The molecule has 0 aromatic carbocycles. The predicted octanol–water partition coefficient (Wildman–Crippen LogP) is 2.97. The molecule has 72 valence electrons. The third kappa shape index (κ3) is 1.68. The lowest BCUT2D eigenvalue weighted by atomic mass is 9.76. The van der Waals surface area contributed by atoms with Crippen LogP contribution in [-0.2, 0) is 4.74 Å². The fourth-order valence-electron chi connectivity index (χ4n) is 2.17. The molecule has 1 nitrogen and oxygen atoms in total. The van der Waals surface area contributed by atoms with Gasteiger partial charge in [-0.25, -0.2) is 0 Å². The maximum Gasteiger partial charge on any atom is 0.0578 e. The molecule has 2 rings (SSSR count). The average molecular weight is 199 g/mol. The smallest absolute Gasteiger partial charge is 0.0578 e. The second-order valence-corrected chi connectivity index (χ2v) is 4.49. The Morgan fingerprint density at radius 2 is 2.23 bits per heavy atom. The summed E-state index contributed by atoms with van der Waals surface area (Å²) in [5, 5.41) is 0.853. The van der Waals surface area contributed by atoms with E-state index >= 15 is 0 Å². The summed E-state index contributed by atoms with van der Waals surface area (Å²) in [4.78, 5) is 0. The van der Waals surface area contributed by atoms with Gasteiger partial charge >= 0.3 is 0 Å². The van der Waals surface area contributed by atoms with Crippen LogP contribution in [0.15, 0.2) is 23.3 Å². The van der Waals surface area contributed by atoms with Crippen LogP contribution in [0.1, 0.15) is 13.8 Å². The summed E-state index contributed by atoms with van der Waals surface area (Å²) in [5.74, 6) is 1.70. The van der Waals surface area contributed by atoms with E-state index in [1.54, 1.807) is 0 Å². The zero-order valence-electron chi connectivity index (χ0n) is 8.03. The predicted molar refractivity (Wildman–Crippen MR) is 54.6 cm³/mol. The van der Waals surface area contributed by atoms with Crippen LogP contribution < -0.4 is 0 Å². The summed E-state index contributed by atoms with van der Waals surface area (Å²) in [7, 11) is 0. The van der Waals surface area contributed by atoms with Crippen molar-refractivity contribution in [2.75, 3.05) is 6.61 Å². The van der Waals surface area contributed by atoms with Crippen molar-refractivity contribution < 1.29 is 4.74 Å². The highest BCUT2D eigenvalue weighted by Crippen LogP contribution is 2.36. The minimum absolute atomic E-state index is 0.371. The first-order valence-corrected chi connectivity index (χ1v) is 5.23. The van der Waals surface area contributed by atoms with Crippen molar-refractivity contribution in [2.24, 2.45) is 17.8 Å². The molecule has 1 fully saturated rings. The minimum atomic E-state index is 0.371. The van der Waals surface area contributed by atoms with E-state index in [2.05, 4.69) is 26.0 Å². The quantitative estimate of drug-likeness (QED) is 0.582. The monoisotopic (exact) mass is 198 g/mol. The van der Waals surface area contributed by atoms with Gasteiger partial charge in [-0.15, -0.1) is 0 Å². The van der Waals surface area contributed by atoms with Gasteiger partial charge in [0.15, 0.2) is 0 Å². The van der Waals surface area contributed by atoms with Crippen molar-refractivity contribution in [3.8, 4) is 0 Å². The van der Waals surface area contributed by atoms with Gasteiger partial charge < -0.3 is 4.74 Å². The molecule has 0 bridgehead atoms. The standard InChI is InChI=1S/C11H15ClO/c1-7-8(2)13-6-9-5-10(12)3-4-11(7)9/h3-5,7-9,11H,6H2,1-2H3/t7-,8+,9?,11?/m1/s1. The maximum atomic E-state index is 5.94. The zero-order chi connectivity index (χ0) is 9.42. The molecular formula is C11H15ClO. The third-order valence-corrected chi connectivity index (χ3v) is 3.50. The van der Waals surface area contributed by atoms with E-state index in [0.29, 0.717) is 23.9 Å². The van der Waals surface area contributed by atoms with Crippen molar-refractivity contribution in [2.45, 2.75) is 20.0 Å². The van der Waals surface area contributed by atoms with E-state index in [1.165, 1.54) is 0 Å². The Balaban J connectivity index is 2.17. The second-order valence-electron chi connectivity index (χ2n) is 4.05. The van der Waals surface area contributed by atoms with E-state index < -0.39 is 0 Å². The van der Waals surface area contributed by atoms with Gasteiger partial charge in [-0.1, -0.05) is 30.7 Å². The lowest BCUT2D eigenvalue weighted by Crippen LogP contribution is -2.38. The van der Waals surface area contributed by atoms with Gasteiger partial charge in [0, 0.05) is 11.0 Å². The zero-order valence-corrected chi connectivity index (χ0v) is 8.79. The summed E-state index contributed by atoms with van der Waals surface area (Å²) in [6.45, 7) is 5.21. The van der Waals surface area contributed by atoms with Gasteiger partial charge in [-0.3, -0.25) is 0 Å². The maximum absolute atomic E-state index is 5.94. The Morgan fingerprint density at radius 3 is 3.00 bits per heavy atom. The normalized spacial score (nSPS) is 44.1. The Bertz CT molecular complexity index is 257. The van der Waals surface area contributed by atoms with Crippen LogP contribution in [0.25, 0.3) is 0 Å². The van der Waals surface area contributed by atoms with Crippen LogP contribution in [-0.4, -0.2) is 12.7 Å². The summed E-state index contributed by atoms with van der Waals surface area (Å²) < 4.78 is 5.67. The van der Waals surface area contributed by atoms with Crippen molar-refractivity contribution in [1.82, 2.24) is 0 Å². The van der Waals surface area contributed by atoms with Gasteiger partial charge in [-0.2, -0.15) is 0 Å². The van der Waals surface area contributed by atoms with Gasteiger partial charge in [0.2, 0.25) is 0 Å². The van der Waals surface area contributed by atoms with E-state index in [4.69, 9.17) is 16.3 Å². The highest BCUT2D eigenvalue weighted by atomic mass is 35.5. The van der Waals surface area contributed by atoms with Crippen molar-refractivity contribution >= 4 is 11.6 Å². The topological polar surface area (TPSA) is 9.23 Å². The minimum Gasteiger partial charge on any atom is -0.378 e. The van der Waals surface area contributed by atoms with Crippen molar-refractivity contribution in [3.05, 3.63) is 23.3 Å². The molecular weight excluding hydrogens is 184 g/mol. The Labute approximate surface area is 84.4 Å². The number of ether oxygens (including phenoxy) is 1. The molecule has 0 saturated carbocycles. The summed E-state index contributed by atoms with van der Waals surface area (Å²) in [6.07, 6.45) is 6.74. The molecule has 1 heterocycles. The first-order valence-electron chi connectivity index (χ1n) is 4.85. The lowest BCUT2D eigenvalue weighted by Gasteiger charge is -2.39. The molecule has 2 aliphatic rings. The number of hydrogen-bond acceptors (Lipinski definition) is 1. The molecule has 1 aliphatic carbocycles. The largest absolute Gasteiger partial charge is 0.378 e. The molecule has 13 heavy (non-hydrogen) atoms. The Morgan fingerprint density at radius 1 is 1.46 bits per heavy atom. The SMILES string of the molecule is C[C@@H]1OCC2C=C(Cl)C=CC2[C@@H]1C. The molecule has 0 amide bonds. The van der Waals surface area contributed by atoms with Gasteiger partial charge in [0.1, 0.15) is 0 Å². The van der Waals surface area contributed by atoms with Crippen LogP contribution in [0.3, 0.4) is 0 Å². The van der Waals surface area contributed by atoms with Crippen molar-refractivity contribution in [1.29, 1.82) is 0 Å². The van der Waals surface area contributed by atoms with Crippen LogP contribution in [0.2, 0.25) is 0 Å². The van der Waals surface area contributed by atoms with Crippen molar-refractivity contribution in [3.63, 3.8) is 0 Å². The number of rotatable bonds is 0. The molecule has 1 aliphatic heterocycles. The number of fused-ring (bicyclic) bond motifs is 1. The highest BCUT2D eigenvalue weighted by Gasteiger charge is 2.34. The fourth-order valence-corrected chi connectivity index (χ4v) is 2.40. The first-order chi connectivity index (χ1) is 6.18. The van der Waals surface area contributed by atoms with E-state index in [9.17, 15) is 0 Å². The third-order valence-electron chi connectivity index (χ3n) is 3.24. The van der Waals surface area contributed by atoms with Crippen LogP contribution in [0, 0.1) is 17.8 Å². The molecule has 2 heteroatoms. The van der Waals surface area contributed by atoms with Gasteiger partial charge in [0.05, 0.1) is 12.7 Å². The second kappa shape index (κ2) is 3.47. The summed E-state index contributed by atoms with van der Waals surface area (Å²) in [5.41, 5.74) is 0. The highest BCUT2D eigenvalue weighted by molar-refractivity contribution is 6.31. The lowest BCUT2D eigenvalue weighted by molar-refractivity contribution is -0.0510. The van der Waals surface area contributed by atoms with E-state index in [-0.39, 0.29) is 0 Å². The Kier molecular flexibility index (Phi) is 2.48. The molecule has 0 spiro atoms. The molecule has 2 unspecified atom stereocenters. The molecule has 0 aromatic rings. The number of halogens is 1. The average Bonchev–Trinajstić information content (AvgIpc) is 2.12. The molecule has 1 saturated heterocycles. The fraction of sp³-hybridized carbons (Fsp3) is 0.636. The van der Waals surface area contributed by atoms with Crippen LogP contribution >= 0.6 is 11.6 Å². The van der Waals surface area contributed by atoms with E-state index in [0.717, 1.165) is 11.6 Å². The van der Waals surface area contributed by atoms with E-state index in [1.807, 2.05) is 6.08 Å². The number of hydrogen-bond donors (Lipinski definition) is 0. The van der Waals surface area contributed by atoms with Crippen LogP contribution in [0.5, 0.6) is 0 Å². The van der Waals surface area contributed by atoms with Gasteiger partial charge in [0.25, 0.3) is 0 Å². The summed E-state index contributed by atoms with van der Waals surface area (Å²) in [6, 6.07) is 0. The summed E-state index contributed by atoms with van der Waals surface area (Å²) >= 11 is 5.94. The van der Waals surface area contributed by atoms with Gasteiger partial charge in [-0.05, 0) is 24.8 Å². The molecule has 0 N–H and O–H groups in total. The Hall–Kier alpha value is -0.270.